The number of aliphatic imine (C=N–C) groups is 1. The molecule has 0 bridgehead atoms. The van der Waals surface area contributed by atoms with Gasteiger partial charge in [-0.25, -0.2) is 4.39 Å². The number of hydrogen-bond donors (Lipinski definition) is 2. The van der Waals surface area contributed by atoms with Crippen LogP contribution < -0.4 is 10.6 Å². The van der Waals surface area contributed by atoms with E-state index in [9.17, 15) is 4.39 Å². The summed E-state index contributed by atoms with van der Waals surface area (Å²) in [5, 5.41) is 6.58. The number of benzene rings is 1. The molecule has 138 valence electrons. The van der Waals surface area contributed by atoms with Crippen LogP contribution in [0.1, 0.15) is 17.4 Å². The number of likely N-dealkylation sites (N-methyl/N-ethyl adjacent to an activating group) is 1. The van der Waals surface area contributed by atoms with E-state index in [-0.39, 0.29) is 35.8 Å². The van der Waals surface area contributed by atoms with E-state index in [2.05, 4.69) is 20.5 Å². The molecule has 5 nitrogen and oxygen atoms in total. The van der Waals surface area contributed by atoms with Gasteiger partial charge in [-0.15, -0.1) is 24.0 Å². The Morgan fingerprint density at radius 2 is 1.92 bits per heavy atom. The first-order valence-corrected chi connectivity index (χ1v) is 7.99. The van der Waals surface area contributed by atoms with Crippen molar-refractivity contribution in [2.75, 3.05) is 34.2 Å². The highest BCUT2D eigenvalue weighted by Crippen LogP contribution is 2.17. The van der Waals surface area contributed by atoms with Crippen molar-refractivity contribution in [1.82, 2.24) is 15.5 Å². The molecule has 2 rings (SSSR count). The summed E-state index contributed by atoms with van der Waals surface area (Å²) in [6, 6.07) is 10.6. The quantitative estimate of drug-likeness (QED) is 0.379. The molecule has 0 saturated heterocycles. The second-order valence-corrected chi connectivity index (χ2v) is 5.74. The van der Waals surface area contributed by atoms with Gasteiger partial charge in [0, 0.05) is 26.6 Å². The van der Waals surface area contributed by atoms with Crippen molar-refractivity contribution < 1.29 is 8.81 Å². The molecule has 0 aliphatic heterocycles. The van der Waals surface area contributed by atoms with Gasteiger partial charge in [0.1, 0.15) is 11.6 Å². The van der Waals surface area contributed by atoms with Crippen LogP contribution in [-0.4, -0.2) is 45.1 Å². The zero-order valence-electron chi connectivity index (χ0n) is 14.8. The van der Waals surface area contributed by atoms with E-state index in [4.69, 9.17) is 4.42 Å². The minimum absolute atomic E-state index is 0. The van der Waals surface area contributed by atoms with Crippen molar-refractivity contribution in [2.24, 2.45) is 4.99 Å². The van der Waals surface area contributed by atoms with E-state index in [0.29, 0.717) is 6.54 Å². The van der Waals surface area contributed by atoms with Gasteiger partial charge in [0.2, 0.25) is 0 Å². The Labute approximate surface area is 165 Å². The molecule has 1 atom stereocenters. The van der Waals surface area contributed by atoms with Crippen LogP contribution in [0.2, 0.25) is 0 Å². The highest BCUT2D eigenvalue weighted by atomic mass is 127. The Hall–Kier alpha value is -1.61. The van der Waals surface area contributed by atoms with Gasteiger partial charge < -0.3 is 20.0 Å². The predicted molar refractivity (Wildman–Crippen MR) is 110 cm³/mol. The molecule has 0 radical (unpaired) electrons. The minimum atomic E-state index is -0.223. The number of nitrogens with one attached hydrogen (secondary N) is 2. The number of rotatable bonds is 7. The first-order chi connectivity index (χ1) is 11.6. The zero-order chi connectivity index (χ0) is 17.4. The number of furan rings is 1. The predicted octanol–water partition coefficient (Wildman–Crippen LogP) is 3.05. The van der Waals surface area contributed by atoms with E-state index in [0.717, 1.165) is 30.2 Å². The van der Waals surface area contributed by atoms with Crippen LogP contribution in [0.15, 0.2) is 52.1 Å². The van der Waals surface area contributed by atoms with Crippen molar-refractivity contribution in [2.45, 2.75) is 12.5 Å². The topological polar surface area (TPSA) is 52.8 Å². The maximum atomic E-state index is 13.1. The molecule has 0 aliphatic rings. The lowest BCUT2D eigenvalue weighted by molar-refractivity contribution is 0.298. The van der Waals surface area contributed by atoms with E-state index >= 15 is 0 Å². The van der Waals surface area contributed by atoms with Crippen molar-refractivity contribution in [3.63, 3.8) is 0 Å². The molecule has 1 unspecified atom stereocenters. The summed E-state index contributed by atoms with van der Waals surface area (Å²) in [4.78, 5) is 6.32. The molecule has 7 heteroatoms. The Morgan fingerprint density at radius 1 is 1.20 bits per heavy atom. The van der Waals surface area contributed by atoms with Crippen molar-refractivity contribution >= 4 is 29.9 Å². The summed E-state index contributed by atoms with van der Waals surface area (Å²) in [6.07, 6.45) is 2.47. The Balaban J connectivity index is 0.00000312. The fraction of sp³-hybridized carbons (Fsp3) is 0.389. The summed E-state index contributed by atoms with van der Waals surface area (Å²) in [7, 11) is 5.75. The Morgan fingerprint density at radius 3 is 2.48 bits per heavy atom. The summed E-state index contributed by atoms with van der Waals surface area (Å²) in [5.41, 5.74) is 1.06. The van der Waals surface area contributed by atoms with Gasteiger partial charge in [0.15, 0.2) is 5.96 Å². The molecule has 0 amide bonds. The lowest BCUT2D eigenvalue weighted by Crippen LogP contribution is -2.42. The van der Waals surface area contributed by atoms with Gasteiger partial charge in [-0.1, -0.05) is 12.1 Å². The first-order valence-electron chi connectivity index (χ1n) is 7.99. The molecule has 1 aromatic heterocycles. The Kier molecular flexibility index (Phi) is 9.51. The van der Waals surface area contributed by atoms with Crippen LogP contribution in [-0.2, 0) is 6.42 Å². The highest BCUT2D eigenvalue weighted by molar-refractivity contribution is 14.0. The molecule has 1 heterocycles. The fourth-order valence-corrected chi connectivity index (χ4v) is 2.46. The van der Waals surface area contributed by atoms with Gasteiger partial charge >= 0.3 is 0 Å². The van der Waals surface area contributed by atoms with Crippen molar-refractivity contribution in [1.29, 1.82) is 0 Å². The average molecular weight is 460 g/mol. The highest BCUT2D eigenvalue weighted by Gasteiger charge is 2.14. The smallest absolute Gasteiger partial charge is 0.191 e. The van der Waals surface area contributed by atoms with Crippen LogP contribution in [0.3, 0.4) is 0 Å². The van der Waals surface area contributed by atoms with Gasteiger partial charge in [-0.2, -0.15) is 0 Å². The number of hydrogen-bond acceptors (Lipinski definition) is 3. The zero-order valence-corrected chi connectivity index (χ0v) is 17.2. The van der Waals surface area contributed by atoms with Crippen molar-refractivity contribution in [3.8, 4) is 0 Å². The lowest BCUT2D eigenvalue weighted by atomic mass is 10.1. The molecule has 0 fully saturated rings. The normalized spacial score (nSPS) is 12.6. The van der Waals surface area contributed by atoms with Gasteiger partial charge in [0.05, 0.1) is 12.3 Å². The van der Waals surface area contributed by atoms with Crippen LogP contribution in [0.4, 0.5) is 4.39 Å². The first kappa shape index (κ1) is 21.4. The van der Waals surface area contributed by atoms with Crippen molar-refractivity contribution in [3.05, 3.63) is 59.8 Å². The molecule has 2 N–H and O–H groups in total. The van der Waals surface area contributed by atoms with Gasteiger partial charge in [0.25, 0.3) is 0 Å². The Bertz CT molecular complexity index is 629. The second kappa shape index (κ2) is 11.1. The third kappa shape index (κ3) is 7.03. The summed E-state index contributed by atoms with van der Waals surface area (Å²) in [6.45, 7) is 1.40. The second-order valence-electron chi connectivity index (χ2n) is 5.74. The fourth-order valence-electron chi connectivity index (χ4n) is 2.46. The summed E-state index contributed by atoms with van der Waals surface area (Å²) in [5.74, 6) is 1.45. The van der Waals surface area contributed by atoms with Gasteiger partial charge in [-0.05, 0) is 43.9 Å². The van der Waals surface area contributed by atoms with E-state index in [1.165, 1.54) is 12.1 Å². The standard InChI is InChI=1S/C18H25FN4O.HI/c1-20-18(21-11-10-16-5-4-12-24-16)22-13-17(23(2)3)14-6-8-15(19)9-7-14;/h4-9,12,17H,10-11,13H2,1-3H3,(H2,20,21,22);1H. The largest absolute Gasteiger partial charge is 0.469 e. The lowest BCUT2D eigenvalue weighted by Gasteiger charge is -2.26. The number of halogens is 2. The molecule has 25 heavy (non-hydrogen) atoms. The number of guanidine groups is 1. The van der Waals surface area contributed by atoms with E-state index in [1.54, 1.807) is 13.3 Å². The molecule has 0 saturated carbocycles. The van der Waals surface area contributed by atoms with E-state index in [1.807, 2.05) is 38.4 Å². The van der Waals surface area contributed by atoms with E-state index < -0.39 is 0 Å². The molecule has 2 aromatic rings. The van der Waals surface area contributed by atoms with Crippen LogP contribution in [0, 0.1) is 5.82 Å². The van der Waals surface area contributed by atoms with Crippen LogP contribution in [0.25, 0.3) is 0 Å². The third-order valence-corrected chi connectivity index (χ3v) is 3.81. The molecule has 0 aliphatic carbocycles. The maximum Gasteiger partial charge on any atom is 0.191 e. The van der Waals surface area contributed by atoms with Crippen LogP contribution >= 0.6 is 24.0 Å². The molecule has 0 spiro atoms. The monoisotopic (exact) mass is 460 g/mol. The average Bonchev–Trinajstić information content (AvgIpc) is 3.08. The van der Waals surface area contributed by atoms with Gasteiger partial charge in [-0.3, -0.25) is 4.99 Å². The summed E-state index contributed by atoms with van der Waals surface area (Å²) < 4.78 is 18.4. The third-order valence-electron chi connectivity index (χ3n) is 3.81. The molecular formula is C18H26FIN4O. The minimum Gasteiger partial charge on any atom is -0.469 e. The summed E-state index contributed by atoms with van der Waals surface area (Å²) >= 11 is 0. The molecular weight excluding hydrogens is 434 g/mol. The van der Waals surface area contributed by atoms with Crippen LogP contribution in [0.5, 0.6) is 0 Å². The molecule has 1 aromatic carbocycles. The SMILES string of the molecule is CN=C(NCCc1ccco1)NCC(c1ccc(F)cc1)N(C)C.I. The number of nitrogens with zero attached hydrogens (tertiary/aromatic N) is 2. The maximum absolute atomic E-state index is 13.1.